The number of hydrogen-bond donors (Lipinski definition) is 2. The Bertz CT molecular complexity index is 859. The molecule has 2 amide bonds. The molecule has 0 bridgehead atoms. The van der Waals surface area contributed by atoms with Crippen molar-refractivity contribution < 1.29 is 19.1 Å². The Morgan fingerprint density at radius 3 is 2.59 bits per heavy atom. The molecule has 2 aromatic carbocycles. The molecule has 0 aliphatic carbocycles. The standard InChI is InChI=1S/C23H28N2O4/c1-23(2,3)29-22(27)25-19-13-15-28-20-17(19)10-7-11-18(20)21(26)24-14-12-16-8-5-4-6-9-16/h4-11,19H,12-15H2,1-3H3,(H,24,26)(H,25,27). The molecular formula is C23H28N2O4. The third kappa shape index (κ3) is 5.73. The van der Waals surface area contributed by atoms with Crippen LogP contribution in [0.4, 0.5) is 4.79 Å². The van der Waals surface area contributed by atoms with E-state index < -0.39 is 11.7 Å². The highest BCUT2D eigenvalue weighted by Crippen LogP contribution is 2.35. The van der Waals surface area contributed by atoms with Gasteiger partial charge in [0.15, 0.2) is 0 Å². The number of fused-ring (bicyclic) bond motifs is 1. The lowest BCUT2D eigenvalue weighted by atomic mass is 9.97. The van der Waals surface area contributed by atoms with Crippen LogP contribution in [0.1, 0.15) is 54.7 Å². The molecule has 2 N–H and O–H groups in total. The van der Waals surface area contributed by atoms with Crippen LogP contribution < -0.4 is 15.4 Å². The lowest BCUT2D eigenvalue weighted by Gasteiger charge is -2.29. The van der Waals surface area contributed by atoms with Crippen molar-refractivity contribution in [1.82, 2.24) is 10.6 Å². The summed E-state index contributed by atoms with van der Waals surface area (Å²) in [7, 11) is 0. The molecule has 0 aromatic heterocycles. The third-order valence-electron chi connectivity index (χ3n) is 4.55. The molecular weight excluding hydrogens is 368 g/mol. The number of rotatable bonds is 5. The maximum atomic E-state index is 12.7. The van der Waals surface area contributed by atoms with E-state index in [0.29, 0.717) is 30.9 Å². The average Bonchev–Trinajstić information content (AvgIpc) is 2.67. The van der Waals surface area contributed by atoms with Gasteiger partial charge < -0.3 is 20.1 Å². The predicted octanol–water partition coefficient (Wildman–Crippen LogP) is 4.01. The first-order chi connectivity index (χ1) is 13.8. The van der Waals surface area contributed by atoms with Gasteiger partial charge in [0.2, 0.25) is 0 Å². The molecule has 1 atom stereocenters. The van der Waals surface area contributed by atoms with Crippen LogP contribution in [0.15, 0.2) is 48.5 Å². The fourth-order valence-electron chi connectivity index (χ4n) is 3.26. The van der Waals surface area contributed by atoms with Gasteiger partial charge in [0, 0.05) is 18.5 Å². The van der Waals surface area contributed by atoms with Crippen LogP contribution in [-0.2, 0) is 11.2 Å². The van der Waals surface area contributed by atoms with Crippen LogP contribution in [0.2, 0.25) is 0 Å². The van der Waals surface area contributed by atoms with E-state index in [1.807, 2.05) is 63.2 Å². The van der Waals surface area contributed by atoms with Gasteiger partial charge in [-0.3, -0.25) is 4.79 Å². The van der Waals surface area contributed by atoms with Gasteiger partial charge in [0.25, 0.3) is 5.91 Å². The van der Waals surface area contributed by atoms with Crippen molar-refractivity contribution in [1.29, 1.82) is 0 Å². The normalized spacial score (nSPS) is 15.6. The summed E-state index contributed by atoms with van der Waals surface area (Å²) >= 11 is 0. The Labute approximate surface area is 171 Å². The first-order valence-corrected chi connectivity index (χ1v) is 9.91. The van der Waals surface area contributed by atoms with E-state index in [1.54, 1.807) is 6.07 Å². The molecule has 1 aliphatic heterocycles. The maximum absolute atomic E-state index is 12.7. The Morgan fingerprint density at radius 2 is 1.86 bits per heavy atom. The number of hydrogen-bond acceptors (Lipinski definition) is 4. The van der Waals surface area contributed by atoms with Crippen molar-refractivity contribution in [2.24, 2.45) is 0 Å². The summed E-state index contributed by atoms with van der Waals surface area (Å²) in [6.07, 6.45) is 0.893. The zero-order valence-electron chi connectivity index (χ0n) is 17.2. The van der Waals surface area contributed by atoms with Crippen LogP contribution in [0.25, 0.3) is 0 Å². The van der Waals surface area contributed by atoms with Crippen molar-refractivity contribution in [3.63, 3.8) is 0 Å². The van der Waals surface area contributed by atoms with Crippen LogP contribution in [0.3, 0.4) is 0 Å². The van der Waals surface area contributed by atoms with Crippen LogP contribution in [-0.4, -0.2) is 30.8 Å². The summed E-state index contributed by atoms with van der Waals surface area (Å²) in [6.45, 7) is 6.42. The van der Waals surface area contributed by atoms with Gasteiger partial charge in [-0.2, -0.15) is 0 Å². The molecule has 0 radical (unpaired) electrons. The summed E-state index contributed by atoms with van der Waals surface area (Å²) < 4.78 is 11.2. The molecule has 0 spiro atoms. The molecule has 0 fully saturated rings. The lowest BCUT2D eigenvalue weighted by Crippen LogP contribution is -2.37. The molecule has 6 heteroatoms. The van der Waals surface area contributed by atoms with Crippen molar-refractivity contribution in [2.75, 3.05) is 13.2 Å². The van der Waals surface area contributed by atoms with E-state index in [4.69, 9.17) is 9.47 Å². The smallest absolute Gasteiger partial charge is 0.408 e. The first-order valence-electron chi connectivity index (χ1n) is 9.91. The monoisotopic (exact) mass is 396 g/mol. The predicted molar refractivity (Wildman–Crippen MR) is 111 cm³/mol. The number of carbonyl (C=O) groups excluding carboxylic acids is 2. The number of para-hydroxylation sites is 1. The molecule has 29 heavy (non-hydrogen) atoms. The van der Waals surface area contributed by atoms with Crippen LogP contribution in [0.5, 0.6) is 5.75 Å². The summed E-state index contributed by atoms with van der Waals surface area (Å²) in [5, 5.41) is 5.84. The molecule has 1 unspecified atom stereocenters. The SMILES string of the molecule is CC(C)(C)OC(=O)NC1CCOc2c(C(=O)NCCc3ccccc3)cccc21. The molecule has 154 valence electrons. The van der Waals surface area contributed by atoms with Crippen molar-refractivity contribution >= 4 is 12.0 Å². The number of benzene rings is 2. The second-order valence-corrected chi connectivity index (χ2v) is 8.05. The highest BCUT2D eigenvalue weighted by molar-refractivity contribution is 5.97. The molecule has 2 aromatic rings. The zero-order chi connectivity index (χ0) is 20.9. The summed E-state index contributed by atoms with van der Waals surface area (Å²) in [6, 6.07) is 15.2. The first kappa shape index (κ1) is 20.7. The number of nitrogens with one attached hydrogen (secondary N) is 2. The zero-order valence-corrected chi connectivity index (χ0v) is 17.2. The Kier molecular flexibility index (Phi) is 6.42. The molecule has 1 aliphatic rings. The fraction of sp³-hybridized carbons (Fsp3) is 0.391. The van der Waals surface area contributed by atoms with Gasteiger partial charge in [0.05, 0.1) is 18.2 Å². The summed E-state index contributed by atoms with van der Waals surface area (Å²) in [5.74, 6) is 0.340. The molecule has 0 saturated carbocycles. The summed E-state index contributed by atoms with van der Waals surface area (Å²) in [5.41, 5.74) is 1.86. The quantitative estimate of drug-likeness (QED) is 0.801. The number of amides is 2. The highest BCUT2D eigenvalue weighted by Gasteiger charge is 2.28. The second kappa shape index (κ2) is 8.99. The van der Waals surface area contributed by atoms with E-state index in [2.05, 4.69) is 10.6 Å². The minimum absolute atomic E-state index is 0.185. The van der Waals surface area contributed by atoms with E-state index in [9.17, 15) is 9.59 Å². The van der Waals surface area contributed by atoms with Crippen molar-refractivity contribution in [3.05, 3.63) is 65.2 Å². The second-order valence-electron chi connectivity index (χ2n) is 8.05. The maximum Gasteiger partial charge on any atom is 0.408 e. The molecule has 1 heterocycles. The van der Waals surface area contributed by atoms with E-state index in [1.165, 1.54) is 5.56 Å². The highest BCUT2D eigenvalue weighted by atomic mass is 16.6. The molecule has 0 saturated heterocycles. The number of ether oxygens (including phenoxy) is 2. The Balaban J connectivity index is 1.67. The van der Waals surface area contributed by atoms with Crippen LogP contribution in [0, 0.1) is 0 Å². The molecule has 3 rings (SSSR count). The van der Waals surface area contributed by atoms with Gasteiger partial charge in [-0.25, -0.2) is 4.79 Å². The van der Waals surface area contributed by atoms with Gasteiger partial charge in [-0.1, -0.05) is 42.5 Å². The Hall–Kier alpha value is -3.02. The van der Waals surface area contributed by atoms with Crippen LogP contribution >= 0.6 is 0 Å². The minimum Gasteiger partial charge on any atom is -0.492 e. The van der Waals surface area contributed by atoms with Gasteiger partial charge in [-0.15, -0.1) is 0 Å². The Morgan fingerprint density at radius 1 is 1.10 bits per heavy atom. The average molecular weight is 396 g/mol. The molecule has 6 nitrogen and oxygen atoms in total. The number of carbonyl (C=O) groups is 2. The van der Waals surface area contributed by atoms with E-state index >= 15 is 0 Å². The fourth-order valence-corrected chi connectivity index (χ4v) is 3.26. The third-order valence-corrected chi connectivity index (χ3v) is 4.55. The largest absolute Gasteiger partial charge is 0.492 e. The lowest BCUT2D eigenvalue weighted by molar-refractivity contribution is 0.0491. The van der Waals surface area contributed by atoms with Gasteiger partial charge in [-0.05, 0) is 38.8 Å². The van der Waals surface area contributed by atoms with Gasteiger partial charge >= 0.3 is 6.09 Å². The van der Waals surface area contributed by atoms with Gasteiger partial charge in [0.1, 0.15) is 11.4 Å². The van der Waals surface area contributed by atoms with E-state index in [-0.39, 0.29) is 11.9 Å². The van der Waals surface area contributed by atoms with E-state index in [0.717, 1.165) is 12.0 Å². The topological polar surface area (TPSA) is 76.7 Å². The summed E-state index contributed by atoms with van der Waals surface area (Å²) in [4.78, 5) is 24.9. The van der Waals surface area contributed by atoms with Crippen molar-refractivity contribution in [3.8, 4) is 5.75 Å². The number of alkyl carbamates (subject to hydrolysis) is 1. The minimum atomic E-state index is -0.571. The van der Waals surface area contributed by atoms with Crippen molar-refractivity contribution in [2.45, 2.75) is 45.3 Å².